The summed E-state index contributed by atoms with van der Waals surface area (Å²) in [4.78, 5) is 12.0. The van der Waals surface area contributed by atoms with Gasteiger partial charge in [0.05, 0.1) is 0 Å². The molecule has 0 saturated carbocycles. The third kappa shape index (κ3) is 1.95. The smallest absolute Gasteiger partial charge is 0.198 e. The first-order valence-corrected chi connectivity index (χ1v) is 6.39. The SMILES string of the molecule is O=C(CC1Cc2ccccc21)c1ccc(Br)o1. The van der Waals surface area contributed by atoms with Crippen molar-refractivity contribution in [2.45, 2.75) is 18.8 Å². The van der Waals surface area contributed by atoms with Gasteiger partial charge in [-0.2, -0.15) is 0 Å². The van der Waals surface area contributed by atoms with Crippen molar-refractivity contribution in [3.8, 4) is 0 Å². The van der Waals surface area contributed by atoms with E-state index < -0.39 is 0 Å². The molecule has 17 heavy (non-hydrogen) atoms. The average molecular weight is 291 g/mol. The number of fused-ring (bicyclic) bond motifs is 1. The summed E-state index contributed by atoms with van der Waals surface area (Å²) in [6.45, 7) is 0. The van der Waals surface area contributed by atoms with E-state index in [9.17, 15) is 4.79 Å². The third-order valence-electron chi connectivity index (χ3n) is 3.24. The highest BCUT2D eigenvalue weighted by Gasteiger charge is 2.28. The van der Waals surface area contributed by atoms with Gasteiger partial charge in [-0.15, -0.1) is 0 Å². The molecule has 1 aromatic heterocycles. The first-order valence-electron chi connectivity index (χ1n) is 5.60. The number of carbonyl (C=O) groups is 1. The first kappa shape index (κ1) is 10.8. The summed E-state index contributed by atoms with van der Waals surface area (Å²) in [6.07, 6.45) is 1.54. The summed E-state index contributed by atoms with van der Waals surface area (Å²) in [7, 11) is 0. The van der Waals surface area contributed by atoms with Gasteiger partial charge >= 0.3 is 0 Å². The molecule has 0 saturated heterocycles. The first-order chi connectivity index (χ1) is 8.24. The minimum absolute atomic E-state index is 0.0789. The van der Waals surface area contributed by atoms with Gasteiger partial charge < -0.3 is 4.42 Å². The maximum absolute atomic E-state index is 12.0. The zero-order chi connectivity index (χ0) is 11.8. The van der Waals surface area contributed by atoms with Crippen LogP contribution in [0.5, 0.6) is 0 Å². The molecule has 0 spiro atoms. The fraction of sp³-hybridized carbons (Fsp3) is 0.214. The second kappa shape index (κ2) is 4.15. The number of halogens is 1. The highest BCUT2D eigenvalue weighted by Crippen LogP contribution is 2.38. The van der Waals surface area contributed by atoms with Crippen LogP contribution in [0.2, 0.25) is 0 Å². The van der Waals surface area contributed by atoms with Crippen LogP contribution in [0.3, 0.4) is 0 Å². The minimum atomic E-state index is 0.0789. The number of ketones is 1. The number of hydrogen-bond acceptors (Lipinski definition) is 2. The molecule has 2 aromatic rings. The fourth-order valence-electron chi connectivity index (χ4n) is 2.33. The third-order valence-corrected chi connectivity index (χ3v) is 3.67. The fourth-order valence-corrected chi connectivity index (χ4v) is 2.64. The Balaban J connectivity index is 1.72. The second-order valence-corrected chi connectivity index (χ2v) is 5.11. The van der Waals surface area contributed by atoms with Gasteiger partial charge in [0.25, 0.3) is 0 Å². The van der Waals surface area contributed by atoms with Crippen molar-refractivity contribution in [2.75, 3.05) is 0 Å². The van der Waals surface area contributed by atoms with Crippen LogP contribution in [0.4, 0.5) is 0 Å². The molecule has 1 heterocycles. The zero-order valence-corrected chi connectivity index (χ0v) is 10.7. The maximum Gasteiger partial charge on any atom is 0.198 e. The van der Waals surface area contributed by atoms with E-state index in [1.54, 1.807) is 12.1 Å². The summed E-state index contributed by atoms with van der Waals surface area (Å²) >= 11 is 3.20. The average Bonchev–Trinajstić information content (AvgIpc) is 2.73. The molecular weight excluding hydrogens is 280 g/mol. The Hall–Kier alpha value is -1.35. The Labute approximate surface area is 108 Å². The van der Waals surface area contributed by atoms with E-state index in [1.807, 2.05) is 12.1 Å². The largest absolute Gasteiger partial charge is 0.446 e. The van der Waals surface area contributed by atoms with Gasteiger partial charge in [0.15, 0.2) is 16.2 Å². The molecule has 0 aliphatic heterocycles. The normalized spacial score (nSPS) is 17.4. The summed E-state index contributed by atoms with van der Waals surface area (Å²) in [5.74, 6) is 0.888. The van der Waals surface area contributed by atoms with E-state index in [1.165, 1.54) is 11.1 Å². The number of rotatable bonds is 3. The second-order valence-electron chi connectivity index (χ2n) is 4.33. The standard InChI is InChI=1S/C14H11BrO2/c15-14-6-5-13(17-14)12(16)8-10-7-9-3-1-2-4-11(9)10/h1-6,10H,7-8H2. The van der Waals surface area contributed by atoms with Crippen LogP contribution in [-0.2, 0) is 6.42 Å². The molecule has 1 aromatic carbocycles. The van der Waals surface area contributed by atoms with Gasteiger partial charge in [-0.25, -0.2) is 0 Å². The number of furan rings is 1. The lowest BCUT2D eigenvalue weighted by atomic mass is 9.75. The van der Waals surface area contributed by atoms with Crippen molar-refractivity contribution in [1.82, 2.24) is 0 Å². The molecule has 0 radical (unpaired) electrons. The highest BCUT2D eigenvalue weighted by molar-refractivity contribution is 9.10. The number of hydrogen-bond donors (Lipinski definition) is 0. The molecule has 1 aliphatic rings. The van der Waals surface area contributed by atoms with Crippen molar-refractivity contribution >= 4 is 21.7 Å². The maximum atomic E-state index is 12.0. The Morgan fingerprint density at radius 1 is 1.29 bits per heavy atom. The molecule has 0 N–H and O–H groups in total. The van der Waals surface area contributed by atoms with Crippen LogP contribution in [-0.4, -0.2) is 5.78 Å². The van der Waals surface area contributed by atoms with Gasteiger partial charge in [0.2, 0.25) is 0 Å². The molecule has 0 bridgehead atoms. The van der Waals surface area contributed by atoms with Crippen molar-refractivity contribution in [1.29, 1.82) is 0 Å². The molecule has 1 aliphatic carbocycles. The van der Waals surface area contributed by atoms with E-state index in [2.05, 4.69) is 28.1 Å². The minimum Gasteiger partial charge on any atom is -0.446 e. The topological polar surface area (TPSA) is 30.2 Å². The lowest BCUT2D eigenvalue weighted by molar-refractivity contribution is 0.0942. The molecule has 86 valence electrons. The van der Waals surface area contributed by atoms with Crippen LogP contribution < -0.4 is 0 Å². The summed E-state index contributed by atoms with van der Waals surface area (Å²) < 4.78 is 5.88. The van der Waals surface area contributed by atoms with Crippen LogP contribution in [0.15, 0.2) is 45.5 Å². The van der Waals surface area contributed by atoms with Crippen LogP contribution in [0.25, 0.3) is 0 Å². The zero-order valence-electron chi connectivity index (χ0n) is 9.15. The molecule has 1 atom stereocenters. The molecule has 3 rings (SSSR count). The van der Waals surface area contributed by atoms with E-state index in [0.717, 1.165) is 6.42 Å². The Kier molecular flexibility index (Phi) is 2.63. The molecule has 0 fully saturated rings. The van der Waals surface area contributed by atoms with E-state index >= 15 is 0 Å². The van der Waals surface area contributed by atoms with E-state index in [0.29, 0.717) is 22.8 Å². The molecule has 2 nitrogen and oxygen atoms in total. The quantitative estimate of drug-likeness (QED) is 0.801. The van der Waals surface area contributed by atoms with Gasteiger partial charge in [0.1, 0.15) is 0 Å². The summed E-state index contributed by atoms with van der Waals surface area (Å²) in [5.41, 5.74) is 2.68. The monoisotopic (exact) mass is 290 g/mol. The Morgan fingerprint density at radius 2 is 2.12 bits per heavy atom. The van der Waals surface area contributed by atoms with Gasteiger partial charge in [0, 0.05) is 6.42 Å². The lowest BCUT2D eigenvalue weighted by Crippen LogP contribution is -2.19. The molecular formula is C14H11BrO2. The lowest BCUT2D eigenvalue weighted by Gasteiger charge is -2.29. The predicted molar refractivity (Wildman–Crippen MR) is 68.2 cm³/mol. The van der Waals surface area contributed by atoms with Crippen molar-refractivity contribution in [3.63, 3.8) is 0 Å². The van der Waals surface area contributed by atoms with Gasteiger partial charge in [-0.1, -0.05) is 24.3 Å². The van der Waals surface area contributed by atoms with Gasteiger partial charge in [-0.3, -0.25) is 4.79 Å². The van der Waals surface area contributed by atoms with Crippen LogP contribution >= 0.6 is 15.9 Å². The van der Waals surface area contributed by atoms with Crippen LogP contribution in [0, 0.1) is 0 Å². The van der Waals surface area contributed by atoms with E-state index in [4.69, 9.17) is 4.42 Å². The molecule has 1 unspecified atom stereocenters. The summed E-state index contributed by atoms with van der Waals surface area (Å²) in [5, 5.41) is 0. The van der Waals surface area contributed by atoms with Crippen molar-refractivity contribution in [3.05, 3.63) is 58.0 Å². The predicted octanol–water partition coefficient (Wildman–Crippen LogP) is 3.95. The van der Waals surface area contributed by atoms with Crippen LogP contribution in [0.1, 0.15) is 34.0 Å². The number of carbonyl (C=O) groups excluding carboxylic acids is 1. The molecule has 0 amide bonds. The summed E-state index contributed by atoms with van der Waals surface area (Å²) in [6, 6.07) is 11.8. The Bertz CT molecular complexity index is 571. The van der Waals surface area contributed by atoms with Crippen molar-refractivity contribution < 1.29 is 9.21 Å². The molecule has 3 heteroatoms. The Morgan fingerprint density at radius 3 is 2.82 bits per heavy atom. The van der Waals surface area contributed by atoms with Gasteiger partial charge in [-0.05, 0) is 51.5 Å². The number of Topliss-reactive ketones (excluding diaryl/α,β-unsaturated/α-hetero) is 1. The van der Waals surface area contributed by atoms with E-state index in [-0.39, 0.29) is 5.78 Å². The highest BCUT2D eigenvalue weighted by atomic mass is 79.9. The van der Waals surface area contributed by atoms with Crippen molar-refractivity contribution in [2.24, 2.45) is 0 Å². The number of benzene rings is 1.